The number of hydrogen-bond donors (Lipinski definition) is 1. The summed E-state index contributed by atoms with van der Waals surface area (Å²) < 4.78 is 13.6. The smallest absolute Gasteiger partial charge is 0.355 e. The van der Waals surface area contributed by atoms with Gasteiger partial charge in [-0.05, 0) is 30.4 Å². The van der Waals surface area contributed by atoms with E-state index in [0.29, 0.717) is 18.7 Å². The van der Waals surface area contributed by atoms with Crippen molar-refractivity contribution in [2.45, 2.75) is 45.9 Å². The van der Waals surface area contributed by atoms with Crippen molar-refractivity contribution in [3.8, 4) is 16.9 Å². The summed E-state index contributed by atoms with van der Waals surface area (Å²) in [6, 6.07) is 20.3. The molecule has 0 radical (unpaired) electrons. The van der Waals surface area contributed by atoms with E-state index in [-0.39, 0.29) is 24.7 Å². The second-order valence-corrected chi connectivity index (χ2v) is 11.1. The molecule has 1 amide bonds. The summed E-state index contributed by atoms with van der Waals surface area (Å²) in [5.41, 5.74) is 6.78. The van der Waals surface area contributed by atoms with Crippen LogP contribution in [0.2, 0.25) is 0 Å². The van der Waals surface area contributed by atoms with Crippen molar-refractivity contribution >= 4 is 37.5 Å². The largest absolute Gasteiger partial charge is 0.493 e. The van der Waals surface area contributed by atoms with E-state index >= 15 is 0 Å². The van der Waals surface area contributed by atoms with Gasteiger partial charge in [-0.25, -0.2) is 0 Å². The van der Waals surface area contributed by atoms with Crippen LogP contribution in [-0.4, -0.2) is 49.2 Å². The summed E-state index contributed by atoms with van der Waals surface area (Å²) in [6.45, 7) is 8.59. The van der Waals surface area contributed by atoms with Gasteiger partial charge >= 0.3 is 6.92 Å². The lowest BCUT2D eigenvalue weighted by Crippen LogP contribution is -2.38. The number of ether oxygens (including phenoxy) is 1. The summed E-state index contributed by atoms with van der Waals surface area (Å²) in [4.78, 5) is 17.7. The molecule has 2 aromatic carbocycles. The van der Waals surface area contributed by atoms with E-state index in [1.54, 1.807) is 11.8 Å². The van der Waals surface area contributed by atoms with Gasteiger partial charge in [0.05, 0.1) is 24.3 Å². The number of rotatable bonds is 10. The molecule has 4 aromatic rings. The molecule has 0 saturated heterocycles. The molecule has 206 valence electrons. The molecule has 0 spiro atoms. The SMILES string of the molecule is Bc1cc(-c2cnc(B(Cc3ccccc3)OC)c(OCC)c2)ccc1CC(=O)Nc1cc(C(C)(C)C)nn1C. The van der Waals surface area contributed by atoms with Crippen LogP contribution in [0.25, 0.3) is 11.1 Å². The van der Waals surface area contributed by atoms with Crippen molar-refractivity contribution < 1.29 is 14.2 Å². The molecule has 0 saturated carbocycles. The fourth-order valence-electron chi connectivity index (χ4n) is 4.63. The van der Waals surface area contributed by atoms with Crippen LogP contribution in [-0.2, 0) is 34.7 Å². The van der Waals surface area contributed by atoms with Crippen molar-refractivity contribution in [3.63, 3.8) is 0 Å². The predicted molar refractivity (Wildman–Crippen MR) is 166 cm³/mol. The number of carbonyl (C=O) groups is 1. The molecule has 0 aliphatic carbocycles. The normalized spacial score (nSPS) is 11.3. The summed E-state index contributed by atoms with van der Waals surface area (Å²) in [5, 5.41) is 7.55. The molecule has 1 N–H and O–H groups in total. The van der Waals surface area contributed by atoms with Gasteiger partial charge in [-0.3, -0.25) is 14.5 Å². The average molecular weight is 536 g/mol. The van der Waals surface area contributed by atoms with Gasteiger partial charge in [-0.1, -0.05) is 80.3 Å². The molecule has 0 atom stereocenters. The van der Waals surface area contributed by atoms with Gasteiger partial charge in [-0.15, -0.1) is 0 Å². The van der Waals surface area contributed by atoms with Crippen LogP contribution in [0.1, 0.15) is 44.5 Å². The Morgan fingerprint density at radius 1 is 1.07 bits per heavy atom. The zero-order valence-electron chi connectivity index (χ0n) is 24.6. The molecule has 40 heavy (non-hydrogen) atoms. The topological polar surface area (TPSA) is 78.3 Å². The van der Waals surface area contributed by atoms with Crippen LogP contribution in [0.5, 0.6) is 5.75 Å². The second kappa shape index (κ2) is 12.6. The number of hydrogen-bond acceptors (Lipinski definition) is 5. The zero-order chi connectivity index (χ0) is 28.9. The minimum absolute atomic E-state index is 0.0759. The van der Waals surface area contributed by atoms with E-state index in [9.17, 15) is 4.79 Å². The monoisotopic (exact) mass is 536 g/mol. The van der Waals surface area contributed by atoms with Gasteiger partial charge in [-0.2, -0.15) is 5.10 Å². The van der Waals surface area contributed by atoms with Gasteiger partial charge in [0.1, 0.15) is 19.4 Å². The maximum atomic E-state index is 12.9. The third-order valence-electron chi connectivity index (χ3n) is 6.98. The first-order valence-corrected chi connectivity index (χ1v) is 13.7. The first-order valence-electron chi connectivity index (χ1n) is 13.7. The molecule has 0 aliphatic rings. The first kappa shape index (κ1) is 29.2. The number of nitrogens with zero attached hydrogens (tertiary/aromatic N) is 3. The molecule has 4 rings (SSSR count). The maximum absolute atomic E-state index is 12.9. The maximum Gasteiger partial charge on any atom is 0.355 e. The summed E-state index contributed by atoms with van der Waals surface area (Å²) in [6.07, 6.45) is 2.85. The van der Waals surface area contributed by atoms with E-state index in [4.69, 9.17) is 14.4 Å². The third-order valence-corrected chi connectivity index (χ3v) is 6.98. The Morgan fingerprint density at radius 3 is 2.45 bits per heavy atom. The first-order chi connectivity index (χ1) is 19.1. The molecule has 9 heteroatoms. The molecule has 0 aliphatic heterocycles. The molecule has 2 aromatic heterocycles. The average Bonchev–Trinajstić information content (AvgIpc) is 3.30. The summed E-state index contributed by atoms with van der Waals surface area (Å²) in [7, 11) is 5.58. The van der Waals surface area contributed by atoms with E-state index in [0.717, 1.165) is 39.2 Å². The molecule has 7 nitrogen and oxygen atoms in total. The Labute approximate surface area is 238 Å². The quantitative estimate of drug-likeness (QED) is 0.315. The van der Waals surface area contributed by atoms with E-state index in [1.807, 2.05) is 70.5 Å². The molecular weight excluding hydrogens is 498 g/mol. The van der Waals surface area contributed by atoms with E-state index in [1.165, 1.54) is 5.56 Å². The van der Waals surface area contributed by atoms with Gasteiger partial charge in [0.15, 0.2) is 0 Å². The van der Waals surface area contributed by atoms with Crippen LogP contribution < -0.4 is 21.1 Å². The number of benzene rings is 2. The van der Waals surface area contributed by atoms with Gasteiger partial charge in [0.2, 0.25) is 5.91 Å². The highest BCUT2D eigenvalue weighted by Gasteiger charge is 2.25. The molecule has 2 heterocycles. The number of amides is 1. The van der Waals surface area contributed by atoms with Crippen molar-refractivity contribution in [1.29, 1.82) is 0 Å². The van der Waals surface area contributed by atoms with E-state index in [2.05, 4.69) is 49.4 Å². The van der Waals surface area contributed by atoms with Crippen molar-refractivity contribution in [2.24, 2.45) is 7.05 Å². The number of anilines is 1. The van der Waals surface area contributed by atoms with Crippen LogP contribution in [0, 0.1) is 0 Å². The van der Waals surface area contributed by atoms with E-state index < -0.39 is 0 Å². The highest BCUT2D eigenvalue weighted by Crippen LogP contribution is 2.25. The lowest BCUT2D eigenvalue weighted by atomic mass is 9.59. The van der Waals surface area contributed by atoms with Crippen molar-refractivity contribution in [1.82, 2.24) is 14.8 Å². The van der Waals surface area contributed by atoms with Crippen LogP contribution in [0.3, 0.4) is 0 Å². The predicted octanol–water partition coefficient (Wildman–Crippen LogP) is 3.24. The molecule has 0 unspecified atom stereocenters. The molecule has 0 fully saturated rings. The summed E-state index contributed by atoms with van der Waals surface area (Å²) >= 11 is 0. The Balaban J connectivity index is 1.51. The Morgan fingerprint density at radius 2 is 1.82 bits per heavy atom. The van der Waals surface area contributed by atoms with Crippen LogP contribution in [0.4, 0.5) is 5.82 Å². The van der Waals surface area contributed by atoms with Crippen LogP contribution in [0.15, 0.2) is 66.9 Å². The number of nitrogens with one attached hydrogen (secondary N) is 1. The lowest BCUT2D eigenvalue weighted by molar-refractivity contribution is -0.115. The number of pyridine rings is 1. The Kier molecular flexibility index (Phi) is 9.15. The fraction of sp³-hybridized carbons (Fsp3) is 0.323. The van der Waals surface area contributed by atoms with Crippen molar-refractivity contribution in [2.75, 3.05) is 19.0 Å². The van der Waals surface area contributed by atoms with Crippen LogP contribution >= 0.6 is 0 Å². The molecular formula is C31H38B2N4O3. The Hall–Kier alpha value is -3.84. The summed E-state index contributed by atoms with van der Waals surface area (Å²) in [5.74, 6) is 1.34. The highest BCUT2D eigenvalue weighted by atomic mass is 16.5. The standard InChI is InChI=1S/C31H38B2N4O3/c1-7-40-26-16-24(20-34-30(26)33(39-6)19-21-11-9-8-10-12-21)22-13-14-23(25(32)15-22)17-29(38)35-28-18-27(31(2,3)4)36-37(28)5/h8-16,18,20H,7,17,19,32H2,1-6H3,(H,35,38). The Bertz CT molecular complexity index is 1470. The van der Waals surface area contributed by atoms with Crippen molar-refractivity contribution in [3.05, 3.63) is 83.7 Å². The fourth-order valence-corrected chi connectivity index (χ4v) is 4.63. The third kappa shape index (κ3) is 7.02. The number of carbonyl (C=O) groups excluding carboxylic acids is 1. The number of aryl methyl sites for hydroxylation is 1. The number of aromatic nitrogens is 3. The minimum Gasteiger partial charge on any atom is -0.493 e. The molecule has 0 bridgehead atoms. The second-order valence-electron chi connectivity index (χ2n) is 11.1. The highest BCUT2D eigenvalue weighted by molar-refractivity contribution is 6.66. The van der Waals surface area contributed by atoms with Gasteiger partial charge in [0, 0.05) is 37.4 Å². The zero-order valence-corrected chi connectivity index (χ0v) is 24.6. The minimum atomic E-state index is -0.223. The van der Waals surface area contributed by atoms with Gasteiger partial charge < -0.3 is 14.7 Å². The lowest BCUT2D eigenvalue weighted by Gasteiger charge is -2.17. The van der Waals surface area contributed by atoms with Gasteiger partial charge in [0.25, 0.3) is 0 Å².